The second kappa shape index (κ2) is 10.1. The van der Waals surface area contributed by atoms with Gasteiger partial charge in [0.1, 0.15) is 11.2 Å². The Balaban J connectivity index is 1.30. The van der Waals surface area contributed by atoms with Crippen LogP contribution in [0.1, 0.15) is 0 Å². The van der Waals surface area contributed by atoms with Gasteiger partial charge in [-0.15, -0.1) is 0 Å². The van der Waals surface area contributed by atoms with Gasteiger partial charge in [-0.3, -0.25) is 0 Å². The largest absolute Gasteiger partial charge is 0.455 e. The van der Waals surface area contributed by atoms with Gasteiger partial charge in [0, 0.05) is 38.8 Å². The first-order valence-electron chi connectivity index (χ1n) is 14.3. The van der Waals surface area contributed by atoms with Gasteiger partial charge in [0.05, 0.1) is 0 Å². The number of rotatable bonds is 5. The van der Waals surface area contributed by atoms with Crippen molar-refractivity contribution in [3.8, 4) is 22.3 Å². The summed E-state index contributed by atoms with van der Waals surface area (Å²) in [5, 5.41) is 4.57. The first-order chi connectivity index (χ1) is 20.8. The summed E-state index contributed by atoms with van der Waals surface area (Å²) < 4.78 is 6.68. The summed E-state index contributed by atoms with van der Waals surface area (Å²) in [5.74, 6) is 0. The maximum Gasteiger partial charge on any atom is 0.143 e. The molecule has 0 aliphatic heterocycles. The predicted molar refractivity (Wildman–Crippen MR) is 177 cm³/mol. The zero-order valence-corrected chi connectivity index (χ0v) is 22.9. The van der Waals surface area contributed by atoms with Crippen molar-refractivity contribution < 1.29 is 4.42 Å². The van der Waals surface area contributed by atoms with E-state index in [4.69, 9.17) is 4.42 Å². The van der Waals surface area contributed by atoms with Gasteiger partial charge in [-0.2, -0.15) is 0 Å². The summed E-state index contributed by atoms with van der Waals surface area (Å²) in [6.07, 6.45) is 0. The fourth-order valence-corrected chi connectivity index (χ4v) is 6.10. The zero-order chi connectivity index (χ0) is 27.9. The van der Waals surface area contributed by atoms with Crippen LogP contribution >= 0.6 is 0 Å². The van der Waals surface area contributed by atoms with Gasteiger partial charge in [-0.25, -0.2) is 0 Å². The Morgan fingerprint density at radius 3 is 1.50 bits per heavy atom. The third kappa shape index (κ3) is 4.05. The Kier molecular flexibility index (Phi) is 5.82. The topological polar surface area (TPSA) is 16.4 Å². The van der Waals surface area contributed by atoms with Crippen LogP contribution in [0.25, 0.3) is 55.0 Å². The van der Waals surface area contributed by atoms with Crippen LogP contribution in [-0.4, -0.2) is 0 Å². The van der Waals surface area contributed by atoms with Crippen molar-refractivity contribution >= 4 is 49.8 Å². The molecule has 0 amide bonds. The molecule has 8 aromatic rings. The molecular weight excluding hydrogens is 510 g/mol. The van der Waals surface area contributed by atoms with E-state index < -0.39 is 0 Å². The molecule has 8 rings (SSSR count). The SMILES string of the molecule is c1ccc(-c2cccc3c2oc2c4ccccc4c(-c4ccc(N(c5ccccc5)c5ccccc5)cc4)cc32)cc1. The van der Waals surface area contributed by atoms with Gasteiger partial charge in [-0.1, -0.05) is 121 Å². The molecule has 198 valence electrons. The van der Waals surface area contributed by atoms with Crippen molar-refractivity contribution in [2.75, 3.05) is 4.90 Å². The smallest absolute Gasteiger partial charge is 0.143 e. The van der Waals surface area contributed by atoms with E-state index in [-0.39, 0.29) is 0 Å². The van der Waals surface area contributed by atoms with Gasteiger partial charge in [-0.05, 0) is 64.5 Å². The number of furan rings is 1. The van der Waals surface area contributed by atoms with E-state index in [2.05, 4.69) is 163 Å². The molecule has 2 heteroatoms. The standard InChI is InChI=1S/C40H27NO/c1-4-13-28(14-5-1)33-21-12-22-36-38-27-37(34-19-10-11-20-35(34)40(38)42-39(33)36)29-23-25-32(26-24-29)41(30-15-6-2-7-16-30)31-17-8-3-9-18-31/h1-27H. The summed E-state index contributed by atoms with van der Waals surface area (Å²) in [5.41, 5.74) is 9.87. The lowest BCUT2D eigenvalue weighted by atomic mass is 9.94. The van der Waals surface area contributed by atoms with Gasteiger partial charge in [0.15, 0.2) is 0 Å². The van der Waals surface area contributed by atoms with Crippen LogP contribution in [0, 0.1) is 0 Å². The average molecular weight is 538 g/mol. The van der Waals surface area contributed by atoms with E-state index >= 15 is 0 Å². The number of hydrogen-bond donors (Lipinski definition) is 0. The number of fused-ring (bicyclic) bond motifs is 5. The highest BCUT2D eigenvalue weighted by molar-refractivity contribution is 6.20. The molecule has 0 atom stereocenters. The lowest BCUT2D eigenvalue weighted by Crippen LogP contribution is -2.09. The third-order valence-corrected chi connectivity index (χ3v) is 8.05. The van der Waals surface area contributed by atoms with Crippen LogP contribution in [-0.2, 0) is 0 Å². The molecular formula is C40H27NO. The Labute approximate surface area is 244 Å². The number of para-hydroxylation sites is 3. The van der Waals surface area contributed by atoms with Gasteiger partial charge < -0.3 is 9.32 Å². The second-order valence-electron chi connectivity index (χ2n) is 10.6. The minimum absolute atomic E-state index is 0.928. The molecule has 0 radical (unpaired) electrons. The molecule has 0 fully saturated rings. The van der Waals surface area contributed by atoms with Gasteiger partial charge >= 0.3 is 0 Å². The number of hydrogen-bond acceptors (Lipinski definition) is 2. The molecule has 42 heavy (non-hydrogen) atoms. The third-order valence-electron chi connectivity index (χ3n) is 8.05. The van der Waals surface area contributed by atoms with Crippen molar-refractivity contribution in [2.24, 2.45) is 0 Å². The van der Waals surface area contributed by atoms with E-state index in [1.165, 1.54) is 16.5 Å². The Hall–Kier alpha value is -5.60. The average Bonchev–Trinajstić information content (AvgIpc) is 3.45. The zero-order valence-electron chi connectivity index (χ0n) is 22.9. The van der Waals surface area contributed by atoms with Crippen molar-refractivity contribution in [1.82, 2.24) is 0 Å². The highest BCUT2D eigenvalue weighted by Crippen LogP contribution is 2.43. The van der Waals surface area contributed by atoms with Crippen LogP contribution in [0.3, 0.4) is 0 Å². The molecule has 0 saturated carbocycles. The molecule has 0 aliphatic carbocycles. The fraction of sp³-hybridized carbons (Fsp3) is 0. The van der Waals surface area contributed by atoms with Crippen molar-refractivity contribution in [3.63, 3.8) is 0 Å². The minimum Gasteiger partial charge on any atom is -0.455 e. The minimum atomic E-state index is 0.928. The van der Waals surface area contributed by atoms with Gasteiger partial charge in [0.25, 0.3) is 0 Å². The molecule has 0 N–H and O–H groups in total. The Bertz CT molecular complexity index is 2120. The summed E-state index contributed by atoms with van der Waals surface area (Å²) in [6, 6.07) is 57.7. The monoisotopic (exact) mass is 537 g/mol. The van der Waals surface area contributed by atoms with E-state index in [0.29, 0.717) is 0 Å². The molecule has 0 spiro atoms. The van der Waals surface area contributed by atoms with Crippen molar-refractivity contribution in [2.45, 2.75) is 0 Å². The number of anilines is 3. The van der Waals surface area contributed by atoms with Crippen LogP contribution < -0.4 is 4.90 Å². The highest BCUT2D eigenvalue weighted by atomic mass is 16.3. The van der Waals surface area contributed by atoms with Crippen molar-refractivity contribution in [3.05, 3.63) is 164 Å². The Morgan fingerprint density at radius 2 is 0.833 bits per heavy atom. The molecule has 7 aromatic carbocycles. The molecule has 1 aromatic heterocycles. The molecule has 0 bridgehead atoms. The molecule has 0 unspecified atom stereocenters. The first kappa shape index (κ1) is 24.2. The van der Waals surface area contributed by atoms with E-state index in [1.807, 2.05) is 6.07 Å². The number of nitrogens with zero attached hydrogens (tertiary/aromatic N) is 1. The molecule has 2 nitrogen and oxygen atoms in total. The second-order valence-corrected chi connectivity index (χ2v) is 10.6. The van der Waals surface area contributed by atoms with Gasteiger partial charge in [0.2, 0.25) is 0 Å². The molecule has 0 aliphatic rings. The van der Waals surface area contributed by atoms with Crippen LogP contribution in [0.15, 0.2) is 168 Å². The fourth-order valence-electron chi connectivity index (χ4n) is 6.10. The lowest BCUT2D eigenvalue weighted by molar-refractivity contribution is 0.674. The van der Waals surface area contributed by atoms with Crippen LogP contribution in [0.4, 0.5) is 17.1 Å². The maximum atomic E-state index is 6.68. The van der Waals surface area contributed by atoms with E-state index in [9.17, 15) is 0 Å². The first-order valence-corrected chi connectivity index (χ1v) is 14.3. The predicted octanol–water partition coefficient (Wildman–Crippen LogP) is 11.5. The summed E-state index contributed by atoms with van der Waals surface area (Å²) in [6.45, 7) is 0. The van der Waals surface area contributed by atoms with Crippen LogP contribution in [0.2, 0.25) is 0 Å². The normalized spacial score (nSPS) is 11.3. The van der Waals surface area contributed by atoms with Crippen molar-refractivity contribution in [1.29, 1.82) is 0 Å². The number of benzene rings is 7. The maximum absolute atomic E-state index is 6.68. The quantitative estimate of drug-likeness (QED) is 0.217. The van der Waals surface area contributed by atoms with Crippen LogP contribution in [0.5, 0.6) is 0 Å². The summed E-state index contributed by atoms with van der Waals surface area (Å²) in [7, 11) is 0. The summed E-state index contributed by atoms with van der Waals surface area (Å²) >= 11 is 0. The Morgan fingerprint density at radius 1 is 0.333 bits per heavy atom. The van der Waals surface area contributed by atoms with E-state index in [1.54, 1.807) is 0 Å². The lowest BCUT2D eigenvalue weighted by Gasteiger charge is -2.25. The summed E-state index contributed by atoms with van der Waals surface area (Å²) in [4.78, 5) is 2.29. The van der Waals surface area contributed by atoms with E-state index in [0.717, 1.165) is 55.5 Å². The molecule has 1 heterocycles. The highest BCUT2D eigenvalue weighted by Gasteiger charge is 2.18. The molecule has 0 saturated heterocycles.